The number of rotatable bonds is 1. The Morgan fingerprint density at radius 1 is 1.57 bits per heavy atom. The van der Waals surface area contributed by atoms with Crippen molar-refractivity contribution < 1.29 is 4.39 Å². The van der Waals surface area contributed by atoms with Crippen LogP contribution < -0.4 is 0 Å². The average molecular weight is 122 g/mol. The highest BCUT2D eigenvalue weighted by molar-refractivity contribution is 7.81. The highest BCUT2D eigenvalue weighted by Crippen LogP contribution is 2.24. The van der Waals surface area contributed by atoms with Crippen LogP contribution in [0.25, 0.3) is 0 Å². The summed E-state index contributed by atoms with van der Waals surface area (Å²) in [5.74, 6) is -0.00386. The summed E-state index contributed by atoms with van der Waals surface area (Å²) in [6, 6.07) is 0. The van der Waals surface area contributed by atoms with Crippen molar-refractivity contribution in [1.82, 2.24) is 0 Å². The summed E-state index contributed by atoms with van der Waals surface area (Å²) in [5, 5.41) is -1.31. The van der Waals surface area contributed by atoms with Gasteiger partial charge >= 0.3 is 0 Å². The average Bonchev–Trinajstić information content (AvgIpc) is 1.31. The lowest BCUT2D eigenvalue weighted by Crippen LogP contribution is -2.16. The largest absolute Gasteiger partial charge is 0.232 e. The minimum Gasteiger partial charge on any atom is -0.232 e. The fourth-order valence-electron chi connectivity index (χ4n) is 0. The molecule has 0 bridgehead atoms. The number of hydrogen-bond acceptors (Lipinski definition) is 1. The molecule has 0 radical (unpaired) electrons. The van der Waals surface area contributed by atoms with E-state index < -0.39 is 5.00 Å². The molecule has 7 heavy (non-hydrogen) atoms. The predicted molar refractivity (Wildman–Crippen MR) is 33.3 cm³/mol. The van der Waals surface area contributed by atoms with Crippen molar-refractivity contribution in [2.24, 2.45) is 5.92 Å². The Hall–Kier alpha value is 0.280. The van der Waals surface area contributed by atoms with Gasteiger partial charge in [0, 0.05) is 0 Å². The van der Waals surface area contributed by atoms with Crippen molar-refractivity contribution in [3.63, 3.8) is 0 Å². The second-order valence-corrected chi connectivity index (χ2v) is 3.05. The van der Waals surface area contributed by atoms with Crippen LogP contribution in [0.4, 0.5) is 4.39 Å². The minimum absolute atomic E-state index is 0.00386. The first-order valence-electron chi connectivity index (χ1n) is 2.36. The second kappa shape index (κ2) is 2.03. The van der Waals surface area contributed by atoms with Gasteiger partial charge in [0.25, 0.3) is 0 Å². The van der Waals surface area contributed by atoms with Crippen LogP contribution in [0.5, 0.6) is 0 Å². The van der Waals surface area contributed by atoms with E-state index in [0.717, 1.165) is 0 Å². The molecule has 0 saturated carbocycles. The van der Waals surface area contributed by atoms with Gasteiger partial charge in [-0.2, -0.15) is 0 Å². The van der Waals surface area contributed by atoms with Crippen LogP contribution in [0.1, 0.15) is 20.8 Å². The van der Waals surface area contributed by atoms with E-state index in [-0.39, 0.29) is 5.92 Å². The van der Waals surface area contributed by atoms with E-state index in [9.17, 15) is 4.39 Å². The zero-order valence-corrected chi connectivity index (χ0v) is 5.80. The molecular formula is C5H11FS. The third-order valence-corrected chi connectivity index (χ3v) is 1.57. The van der Waals surface area contributed by atoms with Gasteiger partial charge in [-0.25, -0.2) is 4.39 Å². The van der Waals surface area contributed by atoms with E-state index in [4.69, 9.17) is 0 Å². The Morgan fingerprint density at radius 3 is 1.71 bits per heavy atom. The van der Waals surface area contributed by atoms with Crippen molar-refractivity contribution in [3.05, 3.63) is 0 Å². The number of thiol groups is 1. The summed E-state index contributed by atoms with van der Waals surface area (Å²) in [6.07, 6.45) is 0. The molecule has 44 valence electrons. The van der Waals surface area contributed by atoms with Crippen LogP contribution in [0.15, 0.2) is 0 Å². The van der Waals surface area contributed by atoms with Crippen LogP contribution in [-0.4, -0.2) is 5.00 Å². The molecule has 0 aromatic carbocycles. The van der Waals surface area contributed by atoms with Gasteiger partial charge in [0.2, 0.25) is 0 Å². The zero-order valence-electron chi connectivity index (χ0n) is 4.90. The lowest BCUT2D eigenvalue weighted by atomic mass is 10.1. The Morgan fingerprint density at radius 2 is 1.71 bits per heavy atom. The molecule has 0 nitrogen and oxygen atoms in total. The molecule has 0 aromatic heterocycles. The van der Waals surface area contributed by atoms with Gasteiger partial charge in [-0.15, -0.1) is 12.6 Å². The van der Waals surface area contributed by atoms with Gasteiger partial charge in [0.05, 0.1) is 0 Å². The summed E-state index contributed by atoms with van der Waals surface area (Å²) in [7, 11) is 0. The molecule has 0 amide bonds. The van der Waals surface area contributed by atoms with Gasteiger partial charge in [0.15, 0.2) is 5.00 Å². The van der Waals surface area contributed by atoms with Gasteiger partial charge in [0.1, 0.15) is 0 Å². The van der Waals surface area contributed by atoms with Crippen LogP contribution in [-0.2, 0) is 0 Å². The Bertz CT molecular complexity index is 53.6. The molecule has 0 aliphatic carbocycles. The minimum atomic E-state index is -1.31. The zero-order chi connectivity index (χ0) is 6.08. The molecule has 0 fully saturated rings. The first-order chi connectivity index (χ1) is 2.94. The number of hydrogen-bond donors (Lipinski definition) is 1. The first kappa shape index (κ1) is 7.28. The Balaban J connectivity index is 3.54. The highest BCUT2D eigenvalue weighted by Gasteiger charge is 2.20. The fraction of sp³-hybridized carbons (Fsp3) is 1.00. The summed E-state index contributed by atoms with van der Waals surface area (Å²) in [5.41, 5.74) is 0. The molecule has 2 heteroatoms. The third-order valence-electron chi connectivity index (χ3n) is 1.05. The van der Waals surface area contributed by atoms with E-state index in [1.807, 2.05) is 0 Å². The monoisotopic (exact) mass is 122 g/mol. The summed E-state index contributed by atoms with van der Waals surface area (Å²) >= 11 is 3.68. The summed E-state index contributed by atoms with van der Waals surface area (Å²) in [6.45, 7) is 5.06. The molecule has 1 unspecified atom stereocenters. The standard InChI is InChI=1S/C5H11FS/c1-4(2)5(3,6)7/h4,7H,1-3H3. The normalized spacial score (nSPS) is 19.7. The maximum atomic E-state index is 12.4. The molecule has 0 aliphatic heterocycles. The summed E-state index contributed by atoms with van der Waals surface area (Å²) < 4.78 is 12.4. The van der Waals surface area contributed by atoms with Crippen LogP contribution in [0.2, 0.25) is 0 Å². The molecule has 0 aromatic rings. The molecular weight excluding hydrogens is 111 g/mol. The lowest BCUT2D eigenvalue weighted by molar-refractivity contribution is 0.240. The molecule has 0 aliphatic rings. The molecule has 0 N–H and O–H groups in total. The summed E-state index contributed by atoms with van der Waals surface area (Å²) in [4.78, 5) is 0. The fourth-order valence-corrected chi connectivity index (χ4v) is 0. The van der Waals surface area contributed by atoms with Gasteiger partial charge in [-0.05, 0) is 12.8 Å². The van der Waals surface area contributed by atoms with Crippen molar-refractivity contribution in [1.29, 1.82) is 0 Å². The lowest BCUT2D eigenvalue weighted by Gasteiger charge is -2.16. The topological polar surface area (TPSA) is 0 Å². The maximum absolute atomic E-state index is 12.4. The Kier molecular flexibility index (Phi) is 2.11. The molecule has 0 spiro atoms. The smallest absolute Gasteiger partial charge is 0.153 e. The molecule has 0 saturated heterocycles. The third kappa shape index (κ3) is 2.92. The molecule has 0 heterocycles. The number of halogens is 1. The van der Waals surface area contributed by atoms with Crippen LogP contribution in [0, 0.1) is 5.92 Å². The second-order valence-electron chi connectivity index (χ2n) is 2.18. The van der Waals surface area contributed by atoms with Gasteiger partial charge < -0.3 is 0 Å². The van der Waals surface area contributed by atoms with Crippen molar-refractivity contribution in [2.75, 3.05) is 0 Å². The first-order valence-corrected chi connectivity index (χ1v) is 2.80. The van der Waals surface area contributed by atoms with E-state index >= 15 is 0 Å². The van der Waals surface area contributed by atoms with Gasteiger partial charge in [-0.1, -0.05) is 13.8 Å². The SMILES string of the molecule is CC(C)C(C)(F)S. The molecule has 1 atom stereocenters. The predicted octanol–water partition coefficient (Wildman–Crippen LogP) is 2.26. The highest BCUT2D eigenvalue weighted by atomic mass is 32.1. The number of alkyl halides is 1. The van der Waals surface area contributed by atoms with E-state index in [2.05, 4.69) is 12.6 Å². The van der Waals surface area contributed by atoms with Crippen LogP contribution in [0.3, 0.4) is 0 Å². The van der Waals surface area contributed by atoms with E-state index in [1.165, 1.54) is 6.92 Å². The van der Waals surface area contributed by atoms with Crippen LogP contribution >= 0.6 is 12.6 Å². The van der Waals surface area contributed by atoms with Gasteiger partial charge in [-0.3, -0.25) is 0 Å². The maximum Gasteiger partial charge on any atom is 0.153 e. The molecule has 0 rings (SSSR count). The van der Waals surface area contributed by atoms with Crippen molar-refractivity contribution >= 4 is 12.6 Å². The van der Waals surface area contributed by atoms with Crippen molar-refractivity contribution in [2.45, 2.75) is 25.8 Å². The van der Waals surface area contributed by atoms with E-state index in [0.29, 0.717) is 0 Å². The quantitative estimate of drug-likeness (QED) is 0.507. The van der Waals surface area contributed by atoms with E-state index in [1.54, 1.807) is 13.8 Å². The Labute approximate surface area is 49.5 Å². The van der Waals surface area contributed by atoms with Crippen molar-refractivity contribution in [3.8, 4) is 0 Å².